The minimum absolute atomic E-state index is 0.0204. The first-order valence-corrected chi connectivity index (χ1v) is 11.8. The van der Waals surface area contributed by atoms with Crippen molar-refractivity contribution in [3.63, 3.8) is 0 Å². The number of fused-ring (bicyclic) bond motifs is 2. The van der Waals surface area contributed by atoms with Crippen LogP contribution in [-0.4, -0.2) is 31.8 Å². The van der Waals surface area contributed by atoms with E-state index in [2.05, 4.69) is 0 Å². The molecule has 28 heavy (non-hydrogen) atoms. The first-order chi connectivity index (χ1) is 13.6. The molecule has 1 atom stereocenters. The molecule has 6 heteroatoms. The molecule has 3 aromatic rings. The molecule has 1 unspecified atom stereocenters. The highest BCUT2D eigenvalue weighted by Gasteiger charge is 2.45. The van der Waals surface area contributed by atoms with Crippen LogP contribution in [0.25, 0.3) is 0 Å². The Morgan fingerprint density at radius 2 is 1.32 bits per heavy atom. The Balaban J connectivity index is 1.92. The Kier molecular flexibility index (Phi) is 5.29. The van der Waals surface area contributed by atoms with E-state index in [0.717, 1.165) is 25.8 Å². The van der Waals surface area contributed by atoms with Crippen molar-refractivity contribution in [1.82, 2.24) is 0 Å². The van der Waals surface area contributed by atoms with E-state index in [0.29, 0.717) is 22.6 Å². The summed E-state index contributed by atoms with van der Waals surface area (Å²) in [6.07, 6.45) is 1.02. The van der Waals surface area contributed by atoms with Crippen molar-refractivity contribution in [2.75, 3.05) is 13.2 Å². The van der Waals surface area contributed by atoms with Gasteiger partial charge in [0, 0.05) is 13.2 Å². The molecule has 1 aliphatic rings. The molecule has 0 aromatic heterocycles. The van der Waals surface area contributed by atoms with Gasteiger partial charge in [-0.2, -0.15) is 0 Å². The molecule has 1 aliphatic heterocycles. The predicted octanol–water partition coefficient (Wildman–Crippen LogP) is 3.00. The van der Waals surface area contributed by atoms with Crippen molar-refractivity contribution >= 4 is 20.7 Å². The van der Waals surface area contributed by atoms with Crippen molar-refractivity contribution in [1.29, 1.82) is 0 Å². The highest BCUT2D eigenvalue weighted by Crippen LogP contribution is 2.45. The maximum absolute atomic E-state index is 13.3. The van der Waals surface area contributed by atoms with Gasteiger partial charge in [-0.3, -0.25) is 0 Å². The summed E-state index contributed by atoms with van der Waals surface area (Å²) in [5.41, 5.74) is 1.86. The molecule has 0 saturated carbocycles. The highest BCUT2D eigenvalue weighted by atomic mass is 32.2. The lowest BCUT2D eigenvalue weighted by molar-refractivity contribution is 0.299. The molecule has 2 N–H and O–H groups in total. The molecule has 4 rings (SSSR count). The zero-order chi connectivity index (χ0) is 19.7. The van der Waals surface area contributed by atoms with Crippen LogP contribution in [0.2, 0.25) is 0 Å². The summed E-state index contributed by atoms with van der Waals surface area (Å²) in [6.45, 7) is 0.0794. The maximum Gasteiger partial charge on any atom is 0.216 e. The molecule has 1 heterocycles. The summed E-state index contributed by atoms with van der Waals surface area (Å²) in [7, 11) is -4.14. The number of hydrogen-bond donors (Lipinski definition) is 2. The summed E-state index contributed by atoms with van der Waals surface area (Å²) in [6, 6.07) is 20.7. The molecule has 0 saturated heterocycles. The summed E-state index contributed by atoms with van der Waals surface area (Å²) in [5, 5.41) is 18.4. The Morgan fingerprint density at radius 1 is 0.714 bits per heavy atom. The minimum Gasteiger partial charge on any atom is -0.396 e. The Morgan fingerprint density at radius 3 is 2.04 bits per heavy atom. The number of aliphatic hydroxyl groups is 2. The number of hydrogen-bond acceptors (Lipinski definition) is 4. The largest absolute Gasteiger partial charge is 0.396 e. The third-order valence-electron chi connectivity index (χ3n) is 4.84. The number of sulfone groups is 1. The van der Waals surface area contributed by atoms with E-state index in [1.165, 1.54) is 0 Å². The van der Waals surface area contributed by atoms with Crippen molar-refractivity contribution in [3.05, 3.63) is 77.9 Å². The standard InChI is InChI=1S/C22H21O4S2/c23-13-11-16-5-8-18(9-6-16)27-19-3-1-2-4-21(19)28(25,26)22-15-17(12-14-24)7-10-20(22)27/h1-10,15,23-24H,11-14H2/q+1. The van der Waals surface area contributed by atoms with Crippen molar-refractivity contribution in [2.24, 2.45) is 0 Å². The van der Waals surface area contributed by atoms with E-state index in [4.69, 9.17) is 5.11 Å². The molecule has 4 nitrogen and oxygen atoms in total. The van der Waals surface area contributed by atoms with E-state index < -0.39 is 20.7 Å². The maximum atomic E-state index is 13.3. The lowest BCUT2D eigenvalue weighted by Crippen LogP contribution is -2.20. The van der Waals surface area contributed by atoms with Crippen molar-refractivity contribution in [2.45, 2.75) is 37.3 Å². The van der Waals surface area contributed by atoms with Crippen LogP contribution < -0.4 is 0 Å². The normalized spacial score (nSPS) is 17.0. The van der Waals surface area contributed by atoms with Gasteiger partial charge in [0.2, 0.25) is 9.84 Å². The molecule has 0 fully saturated rings. The molecule has 144 valence electrons. The summed E-state index contributed by atoms with van der Waals surface area (Å²) < 4.78 is 26.6. The van der Waals surface area contributed by atoms with Gasteiger partial charge in [0.05, 0.1) is 0 Å². The van der Waals surface area contributed by atoms with E-state index in [-0.39, 0.29) is 13.2 Å². The molecular weight excluding hydrogens is 392 g/mol. The van der Waals surface area contributed by atoms with Gasteiger partial charge in [-0.15, -0.1) is 0 Å². The topological polar surface area (TPSA) is 74.6 Å². The van der Waals surface area contributed by atoms with Crippen LogP contribution in [0.4, 0.5) is 0 Å². The van der Waals surface area contributed by atoms with Gasteiger partial charge in [-0.25, -0.2) is 8.42 Å². The number of rotatable bonds is 5. The predicted molar refractivity (Wildman–Crippen MR) is 109 cm³/mol. The average molecular weight is 414 g/mol. The van der Waals surface area contributed by atoms with Crippen LogP contribution in [0.15, 0.2) is 91.2 Å². The van der Waals surface area contributed by atoms with Gasteiger partial charge in [0.15, 0.2) is 14.7 Å². The zero-order valence-electron chi connectivity index (χ0n) is 15.2. The molecule has 0 amide bonds. The number of benzene rings is 3. The average Bonchev–Trinajstić information content (AvgIpc) is 2.70. The third-order valence-corrected chi connectivity index (χ3v) is 9.28. The van der Waals surface area contributed by atoms with Gasteiger partial charge >= 0.3 is 0 Å². The second-order valence-electron chi connectivity index (χ2n) is 6.63. The van der Waals surface area contributed by atoms with Crippen LogP contribution >= 0.6 is 0 Å². The van der Waals surface area contributed by atoms with E-state index in [1.54, 1.807) is 18.2 Å². The van der Waals surface area contributed by atoms with Gasteiger partial charge in [0.25, 0.3) is 0 Å². The van der Waals surface area contributed by atoms with E-state index >= 15 is 0 Å². The minimum atomic E-state index is -3.61. The molecule has 0 spiro atoms. The first kappa shape index (κ1) is 19.2. The Hall–Kier alpha value is -2.12. The van der Waals surface area contributed by atoms with Gasteiger partial charge in [-0.05, 0) is 60.4 Å². The fourth-order valence-corrected chi connectivity index (χ4v) is 8.20. The zero-order valence-corrected chi connectivity index (χ0v) is 16.8. The Labute approximate surface area is 167 Å². The van der Waals surface area contributed by atoms with Crippen LogP contribution in [0, 0.1) is 0 Å². The van der Waals surface area contributed by atoms with E-state index in [1.807, 2.05) is 48.5 Å². The van der Waals surface area contributed by atoms with Crippen LogP contribution in [0.3, 0.4) is 0 Å². The van der Waals surface area contributed by atoms with Crippen LogP contribution in [0.5, 0.6) is 0 Å². The van der Waals surface area contributed by atoms with Crippen molar-refractivity contribution in [3.8, 4) is 0 Å². The summed E-state index contributed by atoms with van der Waals surface area (Å²) >= 11 is 0. The van der Waals surface area contributed by atoms with Crippen LogP contribution in [-0.2, 0) is 33.6 Å². The molecule has 0 radical (unpaired) electrons. The summed E-state index contributed by atoms with van der Waals surface area (Å²) in [4.78, 5) is 3.32. The quantitative estimate of drug-likeness (QED) is 0.493. The first-order valence-electron chi connectivity index (χ1n) is 9.08. The van der Waals surface area contributed by atoms with Gasteiger partial charge in [-0.1, -0.05) is 30.3 Å². The molecule has 3 aromatic carbocycles. The second-order valence-corrected chi connectivity index (χ2v) is 10.5. The monoisotopic (exact) mass is 413 g/mol. The SMILES string of the molecule is O=S1(=O)c2ccccc2[S+](c2ccc(CCO)cc2)c2ccc(CCO)cc21. The van der Waals surface area contributed by atoms with E-state index in [9.17, 15) is 13.5 Å². The third kappa shape index (κ3) is 3.26. The second kappa shape index (κ2) is 7.72. The fourth-order valence-electron chi connectivity index (χ4n) is 3.47. The molecule has 0 bridgehead atoms. The lowest BCUT2D eigenvalue weighted by Gasteiger charge is -2.20. The Bertz CT molecular complexity index is 1110. The van der Waals surface area contributed by atoms with Crippen molar-refractivity contribution < 1.29 is 18.6 Å². The van der Waals surface area contributed by atoms with Crippen LogP contribution in [0.1, 0.15) is 11.1 Å². The number of aliphatic hydroxyl groups excluding tert-OH is 2. The van der Waals surface area contributed by atoms with Gasteiger partial charge in [0.1, 0.15) is 20.7 Å². The smallest absolute Gasteiger partial charge is 0.216 e. The van der Waals surface area contributed by atoms with Gasteiger partial charge < -0.3 is 10.2 Å². The molecular formula is C22H21O4S2+. The summed E-state index contributed by atoms with van der Waals surface area (Å²) in [5.74, 6) is 0. The lowest BCUT2D eigenvalue weighted by atomic mass is 10.2. The molecule has 0 aliphatic carbocycles. The fraction of sp³-hybridized carbons (Fsp3) is 0.182. The highest BCUT2D eigenvalue weighted by molar-refractivity contribution is 8.00.